The van der Waals surface area contributed by atoms with E-state index in [2.05, 4.69) is 34.6 Å². The van der Waals surface area contributed by atoms with E-state index in [-0.39, 0.29) is 0 Å². The number of nitrogens with one attached hydrogen (secondary N) is 1. The van der Waals surface area contributed by atoms with Crippen molar-refractivity contribution in [3.8, 4) is 0 Å². The summed E-state index contributed by atoms with van der Waals surface area (Å²) in [4.78, 5) is 4.31. The molecule has 0 saturated carbocycles. The molecule has 0 aliphatic heterocycles. The van der Waals surface area contributed by atoms with Gasteiger partial charge in [0.25, 0.3) is 0 Å². The third kappa shape index (κ3) is 2.34. The molecule has 0 unspecified atom stereocenters. The number of nitrogens with zero attached hydrogens (tertiary/aromatic N) is 1. The second-order valence-corrected chi connectivity index (χ2v) is 3.86. The molecule has 2 nitrogen and oxygen atoms in total. The average Bonchev–Trinajstić information content (AvgIpc) is 2.26. The maximum absolute atomic E-state index is 4.31. The molecule has 0 bridgehead atoms. The third-order valence-corrected chi connectivity index (χ3v) is 2.59. The van der Waals surface area contributed by atoms with Gasteiger partial charge in [-0.15, -0.1) is 0 Å². The van der Waals surface area contributed by atoms with Crippen LogP contribution in [0.5, 0.6) is 0 Å². The lowest BCUT2D eigenvalue weighted by molar-refractivity contribution is 0.792. The maximum Gasteiger partial charge on any atom is 0.0379 e. The van der Waals surface area contributed by atoms with Gasteiger partial charge in [-0.25, -0.2) is 0 Å². The van der Waals surface area contributed by atoms with Crippen LogP contribution in [0, 0.1) is 6.92 Å². The molecule has 0 spiro atoms. The Labute approximate surface area is 90.3 Å². The molecule has 1 aromatic heterocycles. The van der Waals surface area contributed by atoms with Gasteiger partial charge in [-0.1, -0.05) is 12.1 Å². The van der Waals surface area contributed by atoms with E-state index in [1.165, 1.54) is 16.3 Å². The summed E-state index contributed by atoms with van der Waals surface area (Å²) in [5, 5.41) is 5.66. The highest BCUT2D eigenvalue weighted by Gasteiger charge is 1.97. The molecule has 0 atom stereocenters. The lowest BCUT2D eigenvalue weighted by atomic mass is 10.1. The van der Waals surface area contributed by atoms with Gasteiger partial charge < -0.3 is 5.32 Å². The highest BCUT2D eigenvalue weighted by atomic mass is 14.8. The fourth-order valence-corrected chi connectivity index (χ4v) is 1.73. The minimum absolute atomic E-state index is 1.02. The molecule has 1 N–H and O–H groups in total. The van der Waals surface area contributed by atoms with Gasteiger partial charge >= 0.3 is 0 Å². The van der Waals surface area contributed by atoms with Crippen molar-refractivity contribution >= 4 is 10.8 Å². The van der Waals surface area contributed by atoms with Gasteiger partial charge in [-0.05, 0) is 50.0 Å². The van der Waals surface area contributed by atoms with Gasteiger partial charge in [0.2, 0.25) is 0 Å². The first-order chi connectivity index (χ1) is 7.29. The Balaban J connectivity index is 2.34. The molecule has 2 heteroatoms. The predicted octanol–water partition coefficient (Wildman–Crippen LogP) is 2.31. The zero-order valence-electron chi connectivity index (χ0n) is 9.25. The number of pyridine rings is 1. The van der Waals surface area contributed by atoms with E-state index in [1.807, 2.05) is 20.2 Å². The lowest BCUT2D eigenvalue weighted by Gasteiger charge is -2.03. The number of hydrogen-bond acceptors (Lipinski definition) is 2. The molecule has 78 valence electrons. The number of aromatic nitrogens is 1. The van der Waals surface area contributed by atoms with Crippen molar-refractivity contribution < 1.29 is 0 Å². The molecule has 0 amide bonds. The quantitative estimate of drug-likeness (QED) is 0.822. The van der Waals surface area contributed by atoms with Crippen LogP contribution in [0.2, 0.25) is 0 Å². The summed E-state index contributed by atoms with van der Waals surface area (Å²) in [5.74, 6) is 0. The van der Waals surface area contributed by atoms with Crippen LogP contribution in [0.25, 0.3) is 10.8 Å². The monoisotopic (exact) mass is 200 g/mol. The van der Waals surface area contributed by atoms with Crippen molar-refractivity contribution in [2.24, 2.45) is 0 Å². The molecule has 1 heterocycles. The topological polar surface area (TPSA) is 24.9 Å². The minimum Gasteiger partial charge on any atom is -0.319 e. The molecular weight excluding hydrogens is 184 g/mol. The van der Waals surface area contributed by atoms with Gasteiger partial charge in [0.05, 0.1) is 0 Å². The highest BCUT2D eigenvalue weighted by molar-refractivity contribution is 5.82. The molecule has 1 aromatic carbocycles. The first-order valence-electron chi connectivity index (χ1n) is 5.29. The van der Waals surface area contributed by atoms with E-state index < -0.39 is 0 Å². The van der Waals surface area contributed by atoms with Crippen molar-refractivity contribution in [2.45, 2.75) is 13.3 Å². The van der Waals surface area contributed by atoms with Crippen molar-refractivity contribution in [1.29, 1.82) is 0 Å². The summed E-state index contributed by atoms with van der Waals surface area (Å²) in [6, 6.07) is 8.71. The Morgan fingerprint density at radius 2 is 2.07 bits per heavy atom. The number of likely N-dealkylation sites (N-methyl/N-ethyl adjacent to an activating group) is 1. The largest absolute Gasteiger partial charge is 0.319 e. The molecule has 0 radical (unpaired) electrons. The number of aryl methyl sites for hydroxylation is 1. The summed E-state index contributed by atoms with van der Waals surface area (Å²) in [6.07, 6.45) is 3.02. The predicted molar refractivity (Wildman–Crippen MR) is 64.1 cm³/mol. The normalized spacial score (nSPS) is 10.8. The Hall–Kier alpha value is -1.41. The highest BCUT2D eigenvalue weighted by Crippen LogP contribution is 2.16. The summed E-state index contributed by atoms with van der Waals surface area (Å²) in [6.45, 7) is 3.04. The Bertz CT molecular complexity index is 463. The third-order valence-electron chi connectivity index (χ3n) is 2.59. The average molecular weight is 200 g/mol. The molecule has 15 heavy (non-hydrogen) atoms. The smallest absolute Gasteiger partial charge is 0.0379 e. The number of rotatable bonds is 3. The van der Waals surface area contributed by atoms with Crippen molar-refractivity contribution in [2.75, 3.05) is 13.6 Å². The fraction of sp³-hybridized carbons (Fsp3) is 0.308. The van der Waals surface area contributed by atoms with Crippen LogP contribution >= 0.6 is 0 Å². The SMILES string of the molecule is CNCCc1ccc2cc(C)ncc2c1. The standard InChI is InChI=1S/C13H16N2/c1-10-7-12-4-3-11(5-6-14-2)8-13(12)9-15-10/h3-4,7-9,14H,5-6H2,1-2H3. The second-order valence-electron chi connectivity index (χ2n) is 3.86. The van der Waals surface area contributed by atoms with Crippen LogP contribution in [-0.4, -0.2) is 18.6 Å². The van der Waals surface area contributed by atoms with E-state index in [1.54, 1.807) is 0 Å². The van der Waals surface area contributed by atoms with Gasteiger partial charge in [0.1, 0.15) is 0 Å². The molecule has 0 aliphatic carbocycles. The van der Waals surface area contributed by atoms with E-state index in [0.29, 0.717) is 0 Å². The summed E-state index contributed by atoms with van der Waals surface area (Å²) < 4.78 is 0. The Morgan fingerprint density at radius 1 is 1.20 bits per heavy atom. The Kier molecular flexibility index (Phi) is 2.97. The van der Waals surface area contributed by atoms with Crippen LogP contribution in [0.1, 0.15) is 11.3 Å². The van der Waals surface area contributed by atoms with Gasteiger partial charge in [-0.2, -0.15) is 0 Å². The second kappa shape index (κ2) is 4.41. The minimum atomic E-state index is 1.02. The zero-order chi connectivity index (χ0) is 10.7. The van der Waals surface area contributed by atoms with Crippen LogP contribution in [0.15, 0.2) is 30.5 Å². The Morgan fingerprint density at radius 3 is 2.87 bits per heavy atom. The molecular formula is C13H16N2. The molecule has 0 saturated heterocycles. The zero-order valence-corrected chi connectivity index (χ0v) is 9.25. The molecule has 2 rings (SSSR count). The first-order valence-corrected chi connectivity index (χ1v) is 5.29. The number of hydrogen-bond donors (Lipinski definition) is 1. The van der Waals surface area contributed by atoms with Crippen molar-refractivity contribution in [3.63, 3.8) is 0 Å². The number of benzene rings is 1. The van der Waals surface area contributed by atoms with Crippen LogP contribution in [0.3, 0.4) is 0 Å². The van der Waals surface area contributed by atoms with E-state index in [9.17, 15) is 0 Å². The molecule has 2 aromatic rings. The summed E-state index contributed by atoms with van der Waals surface area (Å²) in [5.41, 5.74) is 2.44. The van der Waals surface area contributed by atoms with Crippen LogP contribution < -0.4 is 5.32 Å². The lowest BCUT2D eigenvalue weighted by Crippen LogP contribution is -2.10. The molecule has 0 aliphatic rings. The van der Waals surface area contributed by atoms with Gasteiger partial charge in [0, 0.05) is 17.3 Å². The van der Waals surface area contributed by atoms with Crippen LogP contribution in [-0.2, 0) is 6.42 Å². The fourth-order valence-electron chi connectivity index (χ4n) is 1.73. The van der Waals surface area contributed by atoms with E-state index >= 15 is 0 Å². The molecule has 0 fully saturated rings. The van der Waals surface area contributed by atoms with E-state index in [0.717, 1.165) is 18.7 Å². The first kappa shape index (κ1) is 10.1. The van der Waals surface area contributed by atoms with Crippen molar-refractivity contribution in [3.05, 3.63) is 41.7 Å². The number of fused-ring (bicyclic) bond motifs is 1. The summed E-state index contributed by atoms with van der Waals surface area (Å²) >= 11 is 0. The van der Waals surface area contributed by atoms with E-state index in [4.69, 9.17) is 0 Å². The summed E-state index contributed by atoms with van der Waals surface area (Å²) in [7, 11) is 1.98. The maximum atomic E-state index is 4.31. The van der Waals surface area contributed by atoms with Gasteiger partial charge in [0.15, 0.2) is 0 Å². The van der Waals surface area contributed by atoms with Gasteiger partial charge in [-0.3, -0.25) is 4.98 Å². The van der Waals surface area contributed by atoms with Crippen LogP contribution in [0.4, 0.5) is 0 Å². The van der Waals surface area contributed by atoms with Crippen molar-refractivity contribution in [1.82, 2.24) is 10.3 Å².